The Bertz CT molecular complexity index is 1020. The van der Waals surface area contributed by atoms with Gasteiger partial charge in [0.2, 0.25) is 0 Å². The molecule has 0 amide bonds. The van der Waals surface area contributed by atoms with E-state index < -0.39 is 5.63 Å². The number of aliphatic hydroxyl groups is 1. The fourth-order valence-corrected chi connectivity index (χ4v) is 3.98. The molecule has 2 rings (SSSR count). The molecule has 6 heteroatoms. The van der Waals surface area contributed by atoms with E-state index in [1.807, 2.05) is 0 Å². The van der Waals surface area contributed by atoms with Crippen LogP contribution in [0.25, 0.3) is 17.2 Å². The molecule has 0 fully saturated rings. The molecule has 0 spiro atoms. The van der Waals surface area contributed by atoms with Gasteiger partial charge < -0.3 is 19.0 Å². The van der Waals surface area contributed by atoms with E-state index in [1.165, 1.54) is 17.2 Å². The van der Waals surface area contributed by atoms with Crippen LogP contribution in [0, 0.1) is 0 Å². The second kappa shape index (κ2) is 14.4. The highest BCUT2D eigenvalue weighted by Crippen LogP contribution is 2.31. The zero-order valence-electron chi connectivity index (χ0n) is 20.6. The molecule has 34 heavy (non-hydrogen) atoms. The molecule has 184 valence electrons. The SMILES string of the molecule is C=C/C(=C\C1=C(CC)C=CCC1)c1cc(=O)oc(/C(=C/O)CN(CCOC)CCOC)c1C=C. The molecule has 0 aliphatic heterocycles. The minimum atomic E-state index is -0.503. The third-order valence-corrected chi connectivity index (χ3v) is 5.82. The van der Waals surface area contributed by atoms with Gasteiger partial charge in [-0.15, -0.1) is 0 Å². The van der Waals surface area contributed by atoms with Crippen molar-refractivity contribution in [2.75, 3.05) is 47.1 Å². The molecule has 1 aromatic heterocycles. The van der Waals surface area contributed by atoms with Crippen LogP contribution < -0.4 is 5.63 Å². The molecule has 1 N–H and O–H groups in total. The van der Waals surface area contributed by atoms with Gasteiger partial charge in [-0.05, 0) is 41.5 Å². The molecule has 1 heterocycles. The smallest absolute Gasteiger partial charge is 0.336 e. The summed E-state index contributed by atoms with van der Waals surface area (Å²) in [6.07, 6.45) is 13.7. The first kappa shape index (κ1) is 27.3. The van der Waals surface area contributed by atoms with Crippen molar-refractivity contribution >= 4 is 17.2 Å². The van der Waals surface area contributed by atoms with Crippen LogP contribution in [0.15, 0.2) is 70.1 Å². The van der Waals surface area contributed by atoms with Crippen molar-refractivity contribution in [1.29, 1.82) is 0 Å². The van der Waals surface area contributed by atoms with Gasteiger partial charge in [-0.1, -0.05) is 50.5 Å². The van der Waals surface area contributed by atoms with E-state index in [0.717, 1.165) is 31.1 Å². The van der Waals surface area contributed by atoms with Crippen molar-refractivity contribution in [1.82, 2.24) is 4.90 Å². The fraction of sp³-hybridized carbons (Fsp3) is 0.393. The van der Waals surface area contributed by atoms with E-state index in [4.69, 9.17) is 13.9 Å². The van der Waals surface area contributed by atoms with E-state index in [-0.39, 0.29) is 0 Å². The number of hydrogen-bond donors (Lipinski definition) is 1. The topological polar surface area (TPSA) is 72.1 Å². The van der Waals surface area contributed by atoms with Crippen molar-refractivity contribution in [3.05, 3.63) is 88.2 Å². The van der Waals surface area contributed by atoms with Gasteiger partial charge in [-0.25, -0.2) is 4.79 Å². The molecule has 0 saturated heterocycles. The zero-order valence-corrected chi connectivity index (χ0v) is 20.6. The van der Waals surface area contributed by atoms with Crippen LogP contribution in [0.4, 0.5) is 0 Å². The first-order valence-electron chi connectivity index (χ1n) is 11.6. The quantitative estimate of drug-likeness (QED) is 0.292. The molecular weight excluding hydrogens is 430 g/mol. The Balaban J connectivity index is 2.55. The minimum absolute atomic E-state index is 0.292. The van der Waals surface area contributed by atoms with Crippen molar-refractivity contribution in [3.8, 4) is 0 Å². The summed E-state index contributed by atoms with van der Waals surface area (Å²) < 4.78 is 16.0. The monoisotopic (exact) mass is 467 g/mol. The second-order valence-corrected chi connectivity index (χ2v) is 7.99. The van der Waals surface area contributed by atoms with Crippen LogP contribution in [-0.2, 0) is 9.47 Å². The summed E-state index contributed by atoms with van der Waals surface area (Å²) in [7, 11) is 3.28. The molecule has 0 saturated carbocycles. The van der Waals surface area contributed by atoms with Crippen molar-refractivity contribution < 1.29 is 19.0 Å². The standard InChI is InChI=1S/C28H37NO5/c1-6-21-11-9-10-12-23(21)17-22(7-2)26-18-27(31)34-28(25(26)8-3)24(20-30)19-29(13-15-32-4)14-16-33-5/h7-9,11,17-18,20,30H,2-3,6,10,12-16,19H2,1,4-5H3/b22-17+,24-20+. The lowest BCUT2D eigenvalue weighted by Gasteiger charge is -2.23. The maximum atomic E-state index is 12.6. The molecule has 0 bridgehead atoms. The predicted octanol–water partition coefficient (Wildman–Crippen LogP) is 5.40. The summed E-state index contributed by atoms with van der Waals surface area (Å²) in [6, 6.07) is 1.46. The van der Waals surface area contributed by atoms with Gasteiger partial charge >= 0.3 is 5.63 Å². The average Bonchev–Trinajstić information content (AvgIpc) is 2.86. The van der Waals surface area contributed by atoms with Gasteiger partial charge in [-0.3, -0.25) is 4.90 Å². The van der Waals surface area contributed by atoms with Gasteiger partial charge in [0.25, 0.3) is 0 Å². The molecule has 1 aromatic rings. The number of methoxy groups -OCH3 is 2. The van der Waals surface area contributed by atoms with E-state index in [1.54, 1.807) is 26.4 Å². The van der Waals surface area contributed by atoms with Crippen molar-refractivity contribution in [2.24, 2.45) is 0 Å². The van der Waals surface area contributed by atoms with Gasteiger partial charge in [0, 0.05) is 51.1 Å². The number of nitrogens with zero attached hydrogens (tertiary/aromatic N) is 1. The second-order valence-electron chi connectivity index (χ2n) is 7.99. The summed E-state index contributed by atoms with van der Waals surface area (Å²) in [6.45, 7) is 12.7. The van der Waals surface area contributed by atoms with Gasteiger partial charge in [-0.2, -0.15) is 0 Å². The van der Waals surface area contributed by atoms with Crippen LogP contribution in [0.5, 0.6) is 0 Å². The highest BCUT2D eigenvalue weighted by Gasteiger charge is 2.19. The lowest BCUT2D eigenvalue weighted by Crippen LogP contribution is -2.32. The third-order valence-electron chi connectivity index (χ3n) is 5.82. The normalized spacial score (nSPS) is 14.7. The van der Waals surface area contributed by atoms with Crippen LogP contribution in [-0.4, -0.2) is 57.1 Å². The minimum Gasteiger partial charge on any atom is -0.515 e. The highest BCUT2D eigenvalue weighted by molar-refractivity contribution is 5.85. The zero-order chi connectivity index (χ0) is 24.9. The molecule has 0 unspecified atom stereocenters. The van der Waals surface area contributed by atoms with Gasteiger partial charge in [0.1, 0.15) is 5.76 Å². The first-order valence-corrected chi connectivity index (χ1v) is 11.6. The molecule has 1 aliphatic rings. The Labute approximate surface area is 202 Å². The number of rotatable bonds is 14. The summed E-state index contributed by atoms with van der Waals surface area (Å²) >= 11 is 0. The predicted molar refractivity (Wildman–Crippen MR) is 140 cm³/mol. The number of allylic oxidation sites excluding steroid dienone is 7. The lowest BCUT2D eigenvalue weighted by molar-refractivity contribution is 0.121. The lowest BCUT2D eigenvalue weighted by atomic mass is 9.90. The van der Waals surface area contributed by atoms with Crippen molar-refractivity contribution in [2.45, 2.75) is 26.2 Å². The molecule has 0 aromatic carbocycles. The Kier molecular flexibility index (Phi) is 11.5. The van der Waals surface area contributed by atoms with Gasteiger partial charge in [0.05, 0.1) is 19.5 Å². The summed E-state index contributed by atoms with van der Waals surface area (Å²) in [5.74, 6) is 0.292. The van der Waals surface area contributed by atoms with Crippen molar-refractivity contribution in [3.63, 3.8) is 0 Å². The van der Waals surface area contributed by atoms with Gasteiger partial charge in [0.15, 0.2) is 0 Å². The molecule has 0 atom stereocenters. The average molecular weight is 468 g/mol. The molecule has 6 nitrogen and oxygen atoms in total. The number of aliphatic hydroxyl groups excluding tert-OH is 1. The van der Waals surface area contributed by atoms with E-state index >= 15 is 0 Å². The molecular formula is C28H37NO5. The largest absolute Gasteiger partial charge is 0.515 e. The summed E-state index contributed by atoms with van der Waals surface area (Å²) in [5.41, 5.74) is 4.59. The van der Waals surface area contributed by atoms with Crippen LogP contribution in [0.1, 0.15) is 43.1 Å². The summed E-state index contributed by atoms with van der Waals surface area (Å²) in [4.78, 5) is 14.7. The highest BCUT2D eigenvalue weighted by atomic mass is 16.5. The molecule has 0 radical (unpaired) electrons. The van der Waals surface area contributed by atoms with E-state index in [9.17, 15) is 9.90 Å². The fourth-order valence-electron chi connectivity index (χ4n) is 3.98. The maximum Gasteiger partial charge on any atom is 0.336 e. The van der Waals surface area contributed by atoms with E-state index in [2.05, 4.69) is 43.2 Å². The van der Waals surface area contributed by atoms with Crippen LogP contribution in [0.2, 0.25) is 0 Å². The maximum absolute atomic E-state index is 12.6. The van der Waals surface area contributed by atoms with Crippen LogP contribution >= 0.6 is 0 Å². The Hall–Kier alpha value is -2.93. The number of hydrogen-bond acceptors (Lipinski definition) is 6. The number of ether oxygens (including phenoxy) is 2. The van der Waals surface area contributed by atoms with Crippen LogP contribution in [0.3, 0.4) is 0 Å². The Morgan fingerprint density at radius 1 is 1.24 bits per heavy atom. The molecule has 1 aliphatic carbocycles. The summed E-state index contributed by atoms with van der Waals surface area (Å²) in [5, 5.41) is 10.1. The third kappa shape index (κ3) is 7.29. The van der Waals surface area contributed by atoms with E-state index in [0.29, 0.717) is 55.3 Å². The Morgan fingerprint density at radius 2 is 1.94 bits per heavy atom. The Morgan fingerprint density at radius 3 is 2.50 bits per heavy atom. The first-order chi connectivity index (χ1) is 16.5.